The van der Waals surface area contributed by atoms with Gasteiger partial charge in [-0.3, -0.25) is 14.7 Å². The van der Waals surface area contributed by atoms with E-state index in [9.17, 15) is 27.2 Å². The Bertz CT molecular complexity index is 1320. The smallest absolute Gasteiger partial charge is 0.430 e. The van der Waals surface area contributed by atoms with Crippen molar-refractivity contribution >= 4 is 18.0 Å². The average molecular weight is 589 g/mol. The van der Waals surface area contributed by atoms with Gasteiger partial charge in [-0.05, 0) is 51.8 Å². The number of nitrogens with zero attached hydrogens (tertiary/aromatic N) is 3. The molecule has 2 amide bonds. The van der Waals surface area contributed by atoms with Crippen LogP contribution in [0.25, 0.3) is 11.3 Å². The van der Waals surface area contributed by atoms with E-state index in [1.165, 1.54) is 11.8 Å². The maximum Gasteiger partial charge on any atom is 0.430 e. The minimum atomic E-state index is -5.05. The van der Waals surface area contributed by atoms with Gasteiger partial charge in [0.15, 0.2) is 0 Å². The second kappa shape index (κ2) is 10.7. The Morgan fingerprint density at radius 3 is 2.39 bits per heavy atom. The zero-order valence-corrected chi connectivity index (χ0v) is 22.9. The normalized spacial score (nSPS) is 19.2. The number of cyclic esters (lactones) is 1. The maximum atomic E-state index is 15.1. The van der Waals surface area contributed by atoms with Crippen molar-refractivity contribution in [1.82, 2.24) is 14.9 Å². The van der Waals surface area contributed by atoms with Gasteiger partial charge in [0, 0.05) is 42.2 Å². The summed E-state index contributed by atoms with van der Waals surface area (Å²) < 4.78 is 96.7. The molecule has 14 heteroatoms. The number of aromatic nitrogens is 2. The van der Waals surface area contributed by atoms with Crippen LogP contribution in [0.1, 0.15) is 69.9 Å². The molecule has 4 rings (SSSR count). The molecule has 2 aliphatic rings. The fourth-order valence-electron chi connectivity index (χ4n) is 4.84. The third-order valence-electron chi connectivity index (χ3n) is 7.13. The number of anilines is 1. The summed E-state index contributed by atoms with van der Waals surface area (Å²) in [6.07, 6.45) is -9.28. The Balaban J connectivity index is 1.82. The van der Waals surface area contributed by atoms with E-state index in [0.717, 1.165) is 24.4 Å². The van der Waals surface area contributed by atoms with Gasteiger partial charge in [0.2, 0.25) is 6.10 Å². The van der Waals surface area contributed by atoms with Crippen molar-refractivity contribution in [2.45, 2.75) is 76.2 Å². The minimum absolute atomic E-state index is 0.00906. The molecular weight excluding hydrogens is 558 g/mol. The number of fused-ring (bicyclic) bond motifs is 1. The summed E-state index contributed by atoms with van der Waals surface area (Å²) in [5, 5.41) is 2.10. The van der Waals surface area contributed by atoms with E-state index in [1.807, 2.05) is 0 Å². The Morgan fingerprint density at radius 2 is 1.83 bits per heavy atom. The van der Waals surface area contributed by atoms with Crippen LogP contribution in [0.5, 0.6) is 0 Å². The number of carbonyl (C=O) groups is 2. The molecule has 2 aromatic heterocycles. The molecule has 0 saturated carbocycles. The van der Waals surface area contributed by atoms with Crippen LogP contribution in [0.2, 0.25) is 0 Å². The molecule has 1 atom stereocenters. The van der Waals surface area contributed by atoms with E-state index in [1.54, 1.807) is 20.8 Å². The first kappa shape index (κ1) is 30.4. The number of halogens is 6. The molecule has 1 N–H and O–H groups in total. The zero-order valence-electron chi connectivity index (χ0n) is 22.9. The zero-order chi connectivity index (χ0) is 30.4. The monoisotopic (exact) mass is 588 g/mol. The highest BCUT2D eigenvalue weighted by molar-refractivity contribution is 5.89. The van der Waals surface area contributed by atoms with Gasteiger partial charge in [0.05, 0.1) is 17.0 Å². The van der Waals surface area contributed by atoms with Crippen molar-refractivity contribution in [2.24, 2.45) is 0 Å². The van der Waals surface area contributed by atoms with E-state index in [2.05, 4.69) is 20.0 Å². The number of nitrogens with one attached hydrogen (secondary N) is 1. The largest absolute Gasteiger partial charge is 0.444 e. The van der Waals surface area contributed by atoms with Crippen LogP contribution in [0.4, 0.5) is 41.7 Å². The fraction of sp³-hybridized carbons (Fsp3) is 0.556. The van der Waals surface area contributed by atoms with E-state index in [0.29, 0.717) is 0 Å². The number of rotatable bonds is 5. The highest BCUT2D eigenvalue weighted by Gasteiger charge is 2.50. The number of hydrogen-bond acceptors (Lipinski definition) is 6. The summed E-state index contributed by atoms with van der Waals surface area (Å²) in [4.78, 5) is 33.9. The standard InChI is InChI=1S/C27H30F6N4O4/c1-5-26(29,30)15-12-17(16-6-9-34-21-19(16)20(27(31,32)33)40-22(38)36-21)35-18(13-15)25(14-28)7-10-37(11-8-25)23(39)41-24(2,3)4/h6,9,12-13,20H,5,7-8,10-11,14H2,1-4H3,(H,34,36,38)/t20-/m1/s1. The van der Waals surface area contributed by atoms with Gasteiger partial charge in [-0.1, -0.05) is 6.92 Å². The van der Waals surface area contributed by atoms with Gasteiger partial charge in [-0.15, -0.1) is 0 Å². The SMILES string of the molecule is CCC(F)(F)c1cc(-c2ccnc3c2[C@H](C(F)(F)F)OC(=O)N3)nc(C2(CF)CCN(C(=O)OC(C)(C)C)CC2)c1. The first-order chi connectivity index (χ1) is 19.0. The molecule has 224 valence electrons. The quantitative estimate of drug-likeness (QED) is 0.377. The Kier molecular flexibility index (Phi) is 7.91. The van der Waals surface area contributed by atoms with Crippen molar-refractivity contribution in [1.29, 1.82) is 0 Å². The van der Waals surface area contributed by atoms with Crippen molar-refractivity contribution in [3.63, 3.8) is 0 Å². The number of likely N-dealkylation sites (tertiary alicyclic amines) is 1. The number of ether oxygens (including phenoxy) is 2. The molecule has 8 nitrogen and oxygen atoms in total. The van der Waals surface area contributed by atoms with Gasteiger partial charge in [-0.2, -0.15) is 13.2 Å². The molecule has 4 heterocycles. The third-order valence-corrected chi connectivity index (χ3v) is 7.13. The number of piperidine rings is 1. The molecule has 2 aromatic rings. The molecule has 1 saturated heterocycles. The van der Waals surface area contributed by atoms with Crippen molar-refractivity contribution in [3.05, 3.63) is 41.2 Å². The van der Waals surface area contributed by atoms with Crippen LogP contribution in [0, 0.1) is 0 Å². The first-order valence-corrected chi connectivity index (χ1v) is 13.0. The summed E-state index contributed by atoms with van der Waals surface area (Å²) in [6.45, 7) is 5.41. The predicted octanol–water partition coefficient (Wildman–Crippen LogP) is 7.05. The number of carbonyl (C=O) groups excluding carboxylic acids is 2. The van der Waals surface area contributed by atoms with Gasteiger partial charge in [-0.25, -0.2) is 23.4 Å². The molecule has 0 radical (unpaired) electrons. The molecule has 0 bridgehead atoms. The summed E-state index contributed by atoms with van der Waals surface area (Å²) >= 11 is 0. The van der Waals surface area contributed by atoms with Crippen molar-refractivity contribution in [3.8, 4) is 11.3 Å². The number of alkyl halides is 6. The molecule has 1 fully saturated rings. The van der Waals surface area contributed by atoms with Crippen LogP contribution in [-0.2, 0) is 20.8 Å². The summed E-state index contributed by atoms with van der Waals surface area (Å²) in [6, 6.07) is 3.17. The first-order valence-electron chi connectivity index (χ1n) is 13.0. The lowest BCUT2D eigenvalue weighted by Gasteiger charge is -2.40. The highest BCUT2D eigenvalue weighted by Crippen LogP contribution is 2.47. The number of hydrogen-bond donors (Lipinski definition) is 1. The molecule has 41 heavy (non-hydrogen) atoms. The van der Waals surface area contributed by atoms with Crippen LogP contribution in [0.3, 0.4) is 0 Å². The predicted molar refractivity (Wildman–Crippen MR) is 135 cm³/mol. The van der Waals surface area contributed by atoms with E-state index in [-0.39, 0.29) is 42.9 Å². The van der Waals surface area contributed by atoms with Crippen LogP contribution in [-0.4, -0.2) is 58.6 Å². The van der Waals surface area contributed by atoms with Crippen molar-refractivity contribution in [2.75, 3.05) is 25.1 Å². The van der Waals surface area contributed by atoms with Gasteiger partial charge < -0.3 is 14.4 Å². The van der Waals surface area contributed by atoms with Gasteiger partial charge in [0.25, 0.3) is 5.92 Å². The summed E-state index contributed by atoms with van der Waals surface area (Å²) in [5.74, 6) is -3.87. The lowest BCUT2D eigenvalue weighted by Crippen LogP contribution is -2.48. The lowest BCUT2D eigenvalue weighted by atomic mass is 9.75. The Hall–Kier alpha value is -3.58. The van der Waals surface area contributed by atoms with E-state index < -0.39 is 71.4 Å². The average Bonchev–Trinajstić information content (AvgIpc) is 2.90. The van der Waals surface area contributed by atoms with E-state index in [4.69, 9.17) is 4.74 Å². The second-order valence-corrected chi connectivity index (χ2v) is 11.1. The van der Waals surface area contributed by atoms with E-state index >= 15 is 8.78 Å². The second-order valence-electron chi connectivity index (χ2n) is 11.1. The summed E-state index contributed by atoms with van der Waals surface area (Å²) in [7, 11) is 0. The fourth-order valence-corrected chi connectivity index (χ4v) is 4.84. The Morgan fingerprint density at radius 1 is 1.17 bits per heavy atom. The highest BCUT2D eigenvalue weighted by atomic mass is 19.4. The van der Waals surface area contributed by atoms with Crippen LogP contribution >= 0.6 is 0 Å². The van der Waals surface area contributed by atoms with Gasteiger partial charge in [0.1, 0.15) is 18.1 Å². The minimum Gasteiger partial charge on any atom is -0.444 e. The topological polar surface area (TPSA) is 93.6 Å². The number of amides is 2. The van der Waals surface area contributed by atoms with Gasteiger partial charge >= 0.3 is 18.4 Å². The number of pyridine rings is 2. The lowest BCUT2D eigenvalue weighted by molar-refractivity contribution is -0.206. The maximum absolute atomic E-state index is 15.1. The molecule has 0 aliphatic carbocycles. The summed E-state index contributed by atoms with van der Waals surface area (Å²) in [5.41, 5.74) is -3.95. The van der Waals surface area contributed by atoms with Crippen molar-refractivity contribution < 1.29 is 45.4 Å². The third kappa shape index (κ3) is 6.20. The Labute approximate surface area is 232 Å². The molecular formula is C27H30F6N4O4. The molecule has 2 aliphatic heterocycles. The molecule has 0 unspecified atom stereocenters. The van der Waals surface area contributed by atoms with Crippen LogP contribution in [0.15, 0.2) is 24.4 Å². The van der Waals surface area contributed by atoms with Crippen LogP contribution < -0.4 is 5.32 Å². The molecule has 0 spiro atoms. The molecule has 0 aromatic carbocycles.